The van der Waals surface area contributed by atoms with Crippen molar-refractivity contribution in [1.29, 1.82) is 0 Å². The minimum atomic E-state index is -3.66. The lowest BCUT2D eigenvalue weighted by Crippen LogP contribution is -2.36. The highest BCUT2D eigenvalue weighted by atomic mass is 32.2. The molecule has 2 aromatic rings. The first kappa shape index (κ1) is 20.2. The Hall–Kier alpha value is -2.51. The molecule has 0 atom stereocenters. The Morgan fingerprint density at radius 3 is 2.32 bits per heavy atom. The fourth-order valence-electron chi connectivity index (χ4n) is 3.17. The van der Waals surface area contributed by atoms with Crippen LogP contribution in [0.15, 0.2) is 53.4 Å². The van der Waals surface area contributed by atoms with Crippen molar-refractivity contribution in [2.75, 3.05) is 19.7 Å². The van der Waals surface area contributed by atoms with E-state index in [0.29, 0.717) is 24.2 Å². The first-order valence-corrected chi connectivity index (χ1v) is 10.7. The number of Topliss-reactive ketones (excluding diaryl/α,β-unsaturated/α-hetero) is 1. The van der Waals surface area contributed by atoms with Gasteiger partial charge in [-0.25, -0.2) is 13.2 Å². The van der Waals surface area contributed by atoms with Crippen LogP contribution < -0.4 is 0 Å². The molecule has 0 radical (unpaired) electrons. The number of aryl methyl sites for hydroxylation is 1. The van der Waals surface area contributed by atoms with Crippen molar-refractivity contribution in [2.45, 2.75) is 31.1 Å². The SMILES string of the molecule is Cc1ccc(C(=O)OCC(=O)c2ccccc2)cc1S(=O)(=O)N1CCCCC1. The fraction of sp³-hybridized carbons (Fsp3) is 0.333. The molecular weight excluding hydrogens is 378 g/mol. The number of carbonyl (C=O) groups excluding carboxylic acids is 2. The molecule has 1 saturated heterocycles. The lowest BCUT2D eigenvalue weighted by molar-refractivity contribution is 0.0474. The molecule has 1 fully saturated rings. The Morgan fingerprint density at radius 1 is 0.964 bits per heavy atom. The highest BCUT2D eigenvalue weighted by Gasteiger charge is 2.28. The van der Waals surface area contributed by atoms with E-state index in [-0.39, 0.29) is 16.2 Å². The molecule has 6 nitrogen and oxygen atoms in total. The summed E-state index contributed by atoms with van der Waals surface area (Å²) in [7, 11) is -3.66. The topological polar surface area (TPSA) is 80.8 Å². The summed E-state index contributed by atoms with van der Waals surface area (Å²) in [4.78, 5) is 24.6. The Labute approximate surface area is 165 Å². The first-order chi connectivity index (χ1) is 13.4. The summed E-state index contributed by atoms with van der Waals surface area (Å²) < 4.78 is 32.5. The highest BCUT2D eigenvalue weighted by Crippen LogP contribution is 2.24. The molecule has 0 bridgehead atoms. The lowest BCUT2D eigenvalue weighted by Gasteiger charge is -2.26. The summed E-state index contributed by atoms with van der Waals surface area (Å²) in [6.07, 6.45) is 2.69. The molecule has 7 heteroatoms. The maximum absolute atomic E-state index is 13.0. The van der Waals surface area contributed by atoms with Crippen LogP contribution in [-0.2, 0) is 14.8 Å². The monoisotopic (exact) mass is 401 g/mol. The molecule has 3 rings (SSSR count). The maximum atomic E-state index is 13.0. The van der Waals surface area contributed by atoms with Crippen LogP contribution >= 0.6 is 0 Å². The second-order valence-corrected chi connectivity index (χ2v) is 8.72. The van der Waals surface area contributed by atoms with E-state index in [2.05, 4.69) is 0 Å². The van der Waals surface area contributed by atoms with Crippen LogP contribution in [0.2, 0.25) is 0 Å². The number of ketones is 1. The van der Waals surface area contributed by atoms with Gasteiger partial charge in [0.15, 0.2) is 12.4 Å². The summed E-state index contributed by atoms with van der Waals surface area (Å²) in [5, 5.41) is 0. The number of carbonyl (C=O) groups is 2. The highest BCUT2D eigenvalue weighted by molar-refractivity contribution is 7.89. The smallest absolute Gasteiger partial charge is 0.338 e. The second-order valence-electron chi connectivity index (χ2n) is 6.81. The van der Waals surface area contributed by atoms with Gasteiger partial charge < -0.3 is 4.74 Å². The van der Waals surface area contributed by atoms with Gasteiger partial charge in [-0.15, -0.1) is 0 Å². The quantitative estimate of drug-likeness (QED) is 0.548. The van der Waals surface area contributed by atoms with Crippen LogP contribution in [0.25, 0.3) is 0 Å². The van der Waals surface area contributed by atoms with Gasteiger partial charge in [0.2, 0.25) is 10.0 Å². The van der Waals surface area contributed by atoms with Crippen molar-refractivity contribution in [3.63, 3.8) is 0 Å². The van der Waals surface area contributed by atoms with Crippen LogP contribution in [0.5, 0.6) is 0 Å². The van der Waals surface area contributed by atoms with Gasteiger partial charge in [-0.3, -0.25) is 4.79 Å². The Balaban J connectivity index is 1.75. The molecule has 0 aliphatic carbocycles. The molecule has 1 aliphatic heterocycles. The molecule has 28 heavy (non-hydrogen) atoms. The third kappa shape index (κ3) is 4.48. The van der Waals surface area contributed by atoms with Crippen molar-refractivity contribution in [2.24, 2.45) is 0 Å². The largest absolute Gasteiger partial charge is 0.454 e. The molecule has 2 aromatic carbocycles. The number of rotatable bonds is 6. The van der Waals surface area contributed by atoms with E-state index in [0.717, 1.165) is 19.3 Å². The van der Waals surface area contributed by atoms with Crippen molar-refractivity contribution >= 4 is 21.8 Å². The van der Waals surface area contributed by atoms with E-state index in [1.54, 1.807) is 43.3 Å². The Bertz CT molecular complexity index is 964. The molecule has 1 aliphatic rings. The van der Waals surface area contributed by atoms with E-state index in [1.165, 1.54) is 16.4 Å². The summed E-state index contributed by atoms with van der Waals surface area (Å²) in [5.41, 5.74) is 1.14. The molecule has 1 heterocycles. The molecule has 0 amide bonds. The van der Waals surface area contributed by atoms with Crippen LogP contribution in [-0.4, -0.2) is 44.2 Å². The lowest BCUT2D eigenvalue weighted by atomic mass is 10.1. The number of piperidine rings is 1. The zero-order valence-electron chi connectivity index (χ0n) is 15.8. The molecular formula is C21H23NO5S. The molecule has 0 spiro atoms. The summed E-state index contributed by atoms with van der Waals surface area (Å²) >= 11 is 0. The number of esters is 1. The number of nitrogens with zero attached hydrogens (tertiary/aromatic N) is 1. The predicted octanol–water partition coefficient (Wildman–Crippen LogP) is 3.21. The first-order valence-electron chi connectivity index (χ1n) is 9.26. The standard InChI is InChI=1S/C21H23NO5S/c1-16-10-11-18(14-20(16)28(25,26)22-12-6-3-7-13-22)21(24)27-15-19(23)17-8-4-2-5-9-17/h2,4-5,8-11,14H,3,6-7,12-13,15H2,1H3. The zero-order valence-corrected chi connectivity index (χ0v) is 16.6. The van der Waals surface area contributed by atoms with Crippen molar-refractivity contribution in [1.82, 2.24) is 4.31 Å². The maximum Gasteiger partial charge on any atom is 0.338 e. The number of sulfonamides is 1. The number of benzene rings is 2. The minimum absolute atomic E-state index is 0.109. The van der Waals surface area contributed by atoms with Gasteiger partial charge in [0.25, 0.3) is 0 Å². The number of hydrogen-bond acceptors (Lipinski definition) is 5. The fourth-order valence-corrected chi connectivity index (χ4v) is 4.94. The number of ether oxygens (including phenoxy) is 1. The minimum Gasteiger partial charge on any atom is -0.454 e. The molecule has 0 unspecified atom stereocenters. The van der Waals surface area contributed by atoms with Crippen molar-refractivity contribution < 1.29 is 22.7 Å². The van der Waals surface area contributed by atoms with E-state index >= 15 is 0 Å². The van der Waals surface area contributed by atoms with Crippen LogP contribution in [0.1, 0.15) is 45.5 Å². The van der Waals surface area contributed by atoms with Gasteiger partial charge in [-0.2, -0.15) is 4.31 Å². The molecule has 0 saturated carbocycles. The third-order valence-electron chi connectivity index (χ3n) is 4.79. The molecule has 0 N–H and O–H groups in total. The summed E-state index contributed by atoms with van der Waals surface area (Å²) in [5.74, 6) is -1.04. The van der Waals surface area contributed by atoms with Crippen molar-refractivity contribution in [3.8, 4) is 0 Å². The molecule has 0 aromatic heterocycles. The van der Waals surface area contributed by atoms with Crippen LogP contribution in [0.3, 0.4) is 0 Å². The third-order valence-corrected chi connectivity index (χ3v) is 6.83. The molecule has 148 valence electrons. The van der Waals surface area contributed by atoms with Crippen molar-refractivity contribution in [3.05, 3.63) is 65.2 Å². The Kier molecular flexibility index (Phi) is 6.26. The summed E-state index contributed by atoms with van der Waals surface area (Å²) in [6, 6.07) is 13.0. The normalized spacial score (nSPS) is 15.2. The van der Waals surface area contributed by atoms with Gasteiger partial charge in [0.05, 0.1) is 10.5 Å². The van der Waals surface area contributed by atoms with Gasteiger partial charge >= 0.3 is 5.97 Å². The van der Waals surface area contributed by atoms with Gasteiger partial charge in [0.1, 0.15) is 0 Å². The van der Waals surface area contributed by atoms with E-state index < -0.39 is 22.6 Å². The van der Waals surface area contributed by atoms with Gasteiger partial charge in [-0.1, -0.05) is 42.8 Å². The predicted molar refractivity (Wildman–Crippen MR) is 105 cm³/mol. The van der Waals surface area contributed by atoms with Crippen LogP contribution in [0, 0.1) is 6.92 Å². The number of hydrogen-bond donors (Lipinski definition) is 0. The second kappa shape index (κ2) is 8.67. The average Bonchev–Trinajstić information content (AvgIpc) is 2.73. The van der Waals surface area contributed by atoms with Crippen LogP contribution in [0.4, 0.5) is 0 Å². The zero-order chi connectivity index (χ0) is 20.1. The Morgan fingerprint density at radius 2 is 1.64 bits per heavy atom. The van der Waals surface area contributed by atoms with Gasteiger partial charge in [-0.05, 0) is 37.5 Å². The van der Waals surface area contributed by atoms with Gasteiger partial charge in [0, 0.05) is 18.7 Å². The van der Waals surface area contributed by atoms with E-state index in [9.17, 15) is 18.0 Å². The average molecular weight is 401 g/mol. The van der Waals surface area contributed by atoms with E-state index in [4.69, 9.17) is 4.74 Å². The summed E-state index contributed by atoms with van der Waals surface area (Å²) in [6.45, 7) is 2.28. The van der Waals surface area contributed by atoms with E-state index in [1.807, 2.05) is 0 Å².